The zero-order chi connectivity index (χ0) is 23.5. The van der Waals surface area contributed by atoms with Crippen LogP contribution in [0, 0.1) is 50.2 Å². The molecule has 0 radical (unpaired) electrons. The van der Waals surface area contributed by atoms with Crippen molar-refractivity contribution in [2.75, 3.05) is 0 Å². The lowest BCUT2D eigenvalue weighted by Gasteiger charge is -2.70. The average molecular weight is 441 g/mol. The molecule has 5 rings (SSSR count). The third-order valence-electron chi connectivity index (χ3n) is 12.9. The van der Waals surface area contributed by atoms with E-state index in [1.165, 1.54) is 38.5 Å². The van der Waals surface area contributed by atoms with Crippen LogP contribution >= 0.6 is 0 Å². The SMILES string of the molecule is CC1(C)CC[C@]2(C)CC[C@]3(C)C(=CC[C@@H]4[C@@]5(C)C(=O)C[C@H](O)C(C)(C)[C@@H]5CC[C@]43C)[C@@H]2C1. The van der Waals surface area contributed by atoms with Crippen LogP contribution in [-0.2, 0) is 4.79 Å². The van der Waals surface area contributed by atoms with E-state index < -0.39 is 6.10 Å². The quantitative estimate of drug-likeness (QED) is 0.400. The van der Waals surface area contributed by atoms with Crippen molar-refractivity contribution in [1.82, 2.24) is 0 Å². The van der Waals surface area contributed by atoms with Gasteiger partial charge in [-0.3, -0.25) is 4.79 Å². The number of hydrogen-bond donors (Lipinski definition) is 1. The van der Waals surface area contributed by atoms with Gasteiger partial charge in [0.05, 0.1) is 6.10 Å². The summed E-state index contributed by atoms with van der Waals surface area (Å²) in [4.78, 5) is 13.7. The molecule has 180 valence electrons. The van der Waals surface area contributed by atoms with Gasteiger partial charge < -0.3 is 5.11 Å². The number of rotatable bonds is 0. The van der Waals surface area contributed by atoms with Crippen LogP contribution in [-0.4, -0.2) is 17.0 Å². The zero-order valence-corrected chi connectivity index (χ0v) is 22.1. The zero-order valence-electron chi connectivity index (χ0n) is 22.1. The number of aliphatic hydroxyl groups excluding tert-OH is 1. The Labute approximate surface area is 197 Å². The molecule has 0 aliphatic heterocycles. The molecular formula is C30H48O2. The van der Waals surface area contributed by atoms with Crippen molar-refractivity contribution >= 4 is 5.78 Å². The monoisotopic (exact) mass is 440 g/mol. The predicted octanol–water partition coefficient (Wildman–Crippen LogP) is 7.35. The second-order valence-electron chi connectivity index (χ2n) is 15.1. The molecule has 0 heterocycles. The Morgan fingerprint density at radius 3 is 2.22 bits per heavy atom. The first-order valence-corrected chi connectivity index (χ1v) is 13.5. The summed E-state index contributed by atoms with van der Waals surface area (Å²) in [7, 11) is 0. The molecule has 32 heavy (non-hydrogen) atoms. The Bertz CT molecular complexity index is 866. The minimum atomic E-state index is -0.498. The minimum Gasteiger partial charge on any atom is -0.392 e. The Hall–Kier alpha value is -0.630. The van der Waals surface area contributed by atoms with E-state index in [9.17, 15) is 9.90 Å². The van der Waals surface area contributed by atoms with Crippen LogP contribution in [0.25, 0.3) is 0 Å². The average Bonchev–Trinajstić information content (AvgIpc) is 2.68. The summed E-state index contributed by atoms with van der Waals surface area (Å²) in [5.41, 5.74) is 2.52. The molecule has 5 aliphatic rings. The summed E-state index contributed by atoms with van der Waals surface area (Å²) in [5.74, 6) is 1.71. The number of Topliss-reactive ketones (excluding diaryl/α,β-unsaturated/α-hetero) is 1. The molecule has 4 fully saturated rings. The van der Waals surface area contributed by atoms with Gasteiger partial charge in [0.15, 0.2) is 0 Å². The first-order valence-electron chi connectivity index (χ1n) is 13.5. The van der Waals surface area contributed by atoms with Gasteiger partial charge in [0.2, 0.25) is 0 Å². The maximum atomic E-state index is 13.7. The number of carbonyl (C=O) groups is 1. The second kappa shape index (κ2) is 6.52. The van der Waals surface area contributed by atoms with Crippen molar-refractivity contribution in [3.63, 3.8) is 0 Å². The first kappa shape index (κ1) is 23.1. The van der Waals surface area contributed by atoms with Crippen molar-refractivity contribution in [1.29, 1.82) is 0 Å². The summed E-state index contributed by atoms with van der Waals surface area (Å²) in [6.07, 6.45) is 12.5. The highest BCUT2D eigenvalue weighted by Crippen LogP contribution is 2.75. The van der Waals surface area contributed by atoms with Gasteiger partial charge in [-0.25, -0.2) is 0 Å². The number of fused-ring (bicyclic) bond motifs is 7. The largest absolute Gasteiger partial charge is 0.392 e. The molecule has 0 unspecified atom stereocenters. The van der Waals surface area contributed by atoms with E-state index in [1.807, 2.05) is 0 Å². The Balaban J connectivity index is 1.61. The lowest BCUT2D eigenvalue weighted by molar-refractivity contribution is -0.201. The van der Waals surface area contributed by atoms with Gasteiger partial charge in [0, 0.05) is 11.8 Å². The van der Waals surface area contributed by atoms with Crippen LogP contribution in [0.2, 0.25) is 0 Å². The molecule has 0 aromatic heterocycles. The Morgan fingerprint density at radius 1 is 0.875 bits per heavy atom. The highest BCUT2D eigenvalue weighted by atomic mass is 16.3. The number of aliphatic hydroxyl groups is 1. The third kappa shape index (κ3) is 2.65. The van der Waals surface area contributed by atoms with Gasteiger partial charge in [0.1, 0.15) is 5.78 Å². The molecule has 1 N–H and O–H groups in total. The molecule has 0 aromatic rings. The maximum absolute atomic E-state index is 13.7. The fourth-order valence-electron chi connectivity index (χ4n) is 10.2. The van der Waals surface area contributed by atoms with Gasteiger partial charge >= 0.3 is 0 Å². The fraction of sp³-hybridized carbons (Fsp3) is 0.900. The normalized spacial score (nSPS) is 53.9. The Kier molecular flexibility index (Phi) is 4.71. The topological polar surface area (TPSA) is 37.3 Å². The van der Waals surface area contributed by atoms with Gasteiger partial charge in [-0.2, -0.15) is 0 Å². The predicted molar refractivity (Wildman–Crippen MR) is 131 cm³/mol. The van der Waals surface area contributed by atoms with E-state index in [0.29, 0.717) is 34.9 Å². The van der Waals surface area contributed by atoms with E-state index in [-0.39, 0.29) is 27.6 Å². The molecule has 0 spiro atoms. The van der Waals surface area contributed by atoms with E-state index in [1.54, 1.807) is 5.57 Å². The van der Waals surface area contributed by atoms with Crippen molar-refractivity contribution in [3.8, 4) is 0 Å². The molecule has 2 nitrogen and oxygen atoms in total. The minimum absolute atomic E-state index is 0.166. The fourth-order valence-corrected chi connectivity index (χ4v) is 10.2. The number of ketones is 1. The van der Waals surface area contributed by atoms with Crippen LogP contribution in [0.1, 0.15) is 113 Å². The number of allylic oxidation sites excluding steroid dienone is 2. The molecule has 5 aliphatic carbocycles. The first-order chi connectivity index (χ1) is 14.6. The van der Waals surface area contributed by atoms with Crippen LogP contribution < -0.4 is 0 Å². The van der Waals surface area contributed by atoms with E-state index >= 15 is 0 Å². The van der Waals surface area contributed by atoms with Crippen LogP contribution in [0.5, 0.6) is 0 Å². The highest BCUT2D eigenvalue weighted by Gasteiger charge is 2.69. The molecule has 4 saturated carbocycles. The summed E-state index contributed by atoms with van der Waals surface area (Å²) in [5, 5.41) is 10.8. The van der Waals surface area contributed by atoms with Gasteiger partial charge in [-0.15, -0.1) is 0 Å². The Morgan fingerprint density at radius 2 is 1.53 bits per heavy atom. The molecule has 2 heteroatoms. The summed E-state index contributed by atoms with van der Waals surface area (Å²) >= 11 is 0. The summed E-state index contributed by atoms with van der Waals surface area (Å²) in [6, 6.07) is 0. The molecule has 0 bridgehead atoms. The maximum Gasteiger partial charge on any atom is 0.141 e. The van der Waals surface area contributed by atoms with E-state index in [2.05, 4.69) is 61.5 Å². The van der Waals surface area contributed by atoms with Gasteiger partial charge in [0.25, 0.3) is 0 Å². The highest BCUT2D eigenvalue weighted by molar-refractivity contribution is 5.87. The molecule has 0 saturated heterocycles. The molecule has 0 amide bonds. The number of carbonyl (C=O) groups excluding carboxylic acids is 1. The van der Waals surface area contributed by atoms with Crippen LogP contribution in [0.3, 0.4) is 0 Å². The third-order valence-corrected chi connectivity index (χ3v) is 12.9. The van der Waals surface area contributed by atoms with Crippen molar-refractivity contribution in [2.45, 2.75) is 119 Å². The second-order valence-corrected chi connectivity index (χ2v) is 15.1. The van der Waals surface area contributed by atoms with E-state index in [4.69, 9.17) is 0 Å². The van der Waals surface area contributed by atoms with Crippen molar-refractivity contribution < 1.29 is 9.90 Å². The lowest BCUT2D eigenvalue weighted by atomic mass is 9.33. The molecule has 8 atom stereocenters. The summed E-state index contributed by atoms with van der Waals surface area (Å²) < 4.78 is 0. The van der Waals surface area contributed by atoms with Gasteiger partial charge in [-0.1, -0.05) is 67.0 Å². The van der Waals surface area contributed by atoms with Crippen LogP contribution in [0.4, 0.5) is 0 Å². The summed E-state index contributed by atoms with van der Waals surface area (Å²) in [6.45, 7) is 19.4. The van der Waals surface area contributed by atoms with Crippen LogP contribution in [0.15, 0.2) is 11.6 Å². The molecule has 0 aromatic carbocycles. The smallest absolute Gasteiger partial charge is 0.141 e. The van der Waals surface area contributed by atoms with E-state index in [0.717, 1.165) is 12.8 Å². The van der Waals surface area contributed by atoms with Gasteiger partial charge in [-0.05, 0) is 96.2 Å². The van der Waals surface area contributed by atoms with Crippen molar-refractivity contribution in [2.24, 2.45) is 50.2 Å². The standard InChI is InChI=1S/C30H48O2/c1-25(2)13-14-27(5)15-16-28(6)19(20(27)18-25)9-10-22-29(28,7)12-11-21-26(3,4)23(31)17-24(32)30(21,22)8/h9,20-23,31H,10-18H2,1-8H3/t20-,21-,22-,23-,27+,28+,29+,30-/m0/s1. The molecular weight excluding hydrogens is 392 g/mol. The lowest BCUT2D eigenvalue weighted by Crippen LogP contribution is -2.67. The van der Waals surface area contributed by atoms with Crippen molar-refractivity contribution in [3.05, 3.63) is 11.6 Å². The number of hydrogen-bond acceptors (Lipinski definition) is 2.